The van der Waals surface area contributed by atoms with Gasteiger partial charge in [0.25, 0.3) is 0 Å². The molecule has 0 N–H and O–H groups in total. The molecule has 5 rings (SSSR count). The summed E-state index contributed by atoms with van der Waals surface area (Å²) in [5.74, 6) is 0.904. The highest BCUT2D eigenvalue weighted by Gasteiger charge is 2.17. The van der Waals surface area contributed by atoms with E-state index in [1.54, 1.807) is 0 Å². The fourth-order valence-corrected chi connectivity index (χ4v) is 4.96. The molecular formula is C35H32ClNO4. The van der Waals surface area contributed by atoms with Gasteiger partial charge in [0, 0.05) is 42.4 Å². The van der Waals surface area contributed by atoms with Crippen LogP contribution in [0.3, 0.4) is 0 Å². The molecule has 0 fully saturated rings. The summed E-state index contributed by atoms with van der Waals surface area (Å²) in [6, 6.07) is 34.4. The standard InChI is InChI=1S/C35H32ClNO4/c1-37(2)28-16-13-25(14-17-28)30-19-26-15-18-33(41-23-35(38)39-3)31(20-27-11-7-8-12-32(27)36)29(26)21-34(30)40-22-24-9-5-4-6-10-24/h4-19,21H,20,22-23H2,1-3H3. The van der Waals surface area contributed by atoms with Crippen molar-refractivity contribution in [1.29, 1.82) is 0 Å². The number of ether oxygens (including phenoxy) is 3. The average molecular weight is 566 g/mol. The maximum atomic E-state index is 11.9. The SMILES string of the molecule is COC(=O)COc1ccc2cc(-c3ccc(N(C)C)cc3)c(OCc3ccccc3)cc2c1Cc1ccccc1Cl. The maximum absolute atomic E-state index is 11.9. The molecule has 0 unspecified atom stereocenters. The zero-order chi connectivity index (χ0) is 28.8. The molecule has 0 atom stereocenters. The van der Waals surface area contributed by atoms with Crippen LogP contribution in [-0.2, 0) is 22.6 Å². The van der Waals surface area contributed by atoms with Crippen LogP contribution in [0.25, 0.3) is 21.9 Å². The molecule has 208 valence electrons. The quantitative estimate of drug-likeness (QED) is 0.161. The molecule has 0 bridgehead atoms. The van der Waals surface area contributed by atoms with Crippen LogP contribution in [0.2, 0.25) is 5.02 Å². The summed E-state index contributed by atoms with van der Waals surface area (Å²) in [5.41, 5.74) is 6.12. The number of fused-ring (bicyclic) bond motifs is 1. The Labute approximate surface area is 245 Å². The molecule has 0 radical (unpaired) electrons. The van der Waals surface area contributed by atoms with Crippen LogP contribution >= 0.6 is 11.6 Å². The van der Waals surface area contributed by atoms with Crippen molar-refractivity contribution in [2.75, 3.05) is 32.7 Å². The Kier molecular flexibility index (Phi) is 8.76. The zero-order valence-corrected chi connectivity index (χ0v) is 24.2. The topological polar surface area (TPSA) is 48.0 Å². The molecule has 0 aliphatic heterocycles. The highest BCUT2D eigenvalue weighted by molar-refractivity contribution is 6.31. The molecule has 41 heavy (non-hydrogen) atoms. The lowest BCUT2D eigenvalue weighted by Crippen LogP contribution is -2.13. The lowest BCUT2D eigenvalue weighted by atomic mass is 9.93. The molecule has 6 heteroatoms. The van der Waals surface area contributed by atoms with Crippen LogP contribution in [0.15, 0.2) is 103 Å². The van der Waals surface area contributed by atoms with Gasteiger partial charge in [0.05, 0.1) is 7.11 Å². The molecule has 0 aromatic heterocycles. The van der Waals surface area contributed by atoms with Crippen LogP contribution in [0, 0.1) is 0 Å². The summed E-state index contributed by atoms with van der Waals surface area (Å²) in [6.07, 6.45) is 0.516. The third-order valence-corrected chi connectivity index (χ3v) is 7.39. The molecule has 0 amide bonds. The smallest absolute Gasteiger partial charge is 0.343 e. The van der Waals surface area contributed by atoms with E-state index < -0.39 is 5.97 Å². The Morgan fingerprint density at radius 2 is 1.54 bits per heavy atom. The van der Waals surface area contributed by atoms with Crippen molar-refractivity contribution in [3.05, 3.63) is 125 Å². The highest BCUT2D eigenvalue weighted by atomic mass is 35.5. The third-order valence-electron chi connectivity index (χ3n) is 7.02. The van der Waals surface area contributed by atoms with Crippen molar-refractivity contribution in [3.63, 3.8) is 0 Å². The van der Waals surface area contributed by atoms with E-state index in [0.717, 1.165) is 50.0 Å². The van der Waals surface area contributed by atoms with Gasteiger partial charge in [-0.1, -0.05) is 78.3 Å². The normalized spacial score (nSPS) is 10.8. The molecule has 0 aliphatic carbocycles. The first-order valence-corrected chi connectivity index (χ1v) is 13.8. The van der Waals surface area contributed by atoms with Crippen LogP contribution in [-0.4, -0.2) is 33.8 Å². The molecule has 5 nitrogen and oxygen atoms in total. The predicted molar refractivity (Wildman–Crippen MR) is 166 cm³/mol. The molecule has 0 aliphatic rings. The van der Waals surface area contributed by atoms with E-state index in [4.69, 9.17) is 25.8 Å². The van der Waals surface area contributed by atoms with E-state index in [1.165, 1.54) is 7.11 Å². The average Bonchev–Trinajstić information content (AvgIpc) is 3.00. The van der Waals surface area contributed by atoms with Gasteiger partial charge in [0.1, 0.15) is 18.1 Å². The second-order valence-corrected chi connectivity index (χ2v) is 10.4. The molecule has 0 saturated heterocycles. The number of nitrogens with zero attached hydrogens (tertiary/aromatic N) is 1. The number of benzene rings is 5. The lowest BCUT2D eigenvalue weighted by Gasteiger charge is -2.19. The minimum absolute atomic E-state index is 0.189. The molecule has 0 saturated carbocycles. The molecular weight excluding hydrogens is 534 g/mol. The van der Waals surface area contributed by atoms with Crippen LogP contribution in [0.5, 0.6) is 11.5 Å². The van der Waals surface area contributed by atoms with Gasteiger partial charge in [-0.15, -0.1) is 0 Å². The van der Waals surface area contributed by atoms with Gasteiger partial charge in [0.15, 0.2) is 6.61 Å². The first-order valence-electron chi connectivity index (χ1n) is 13.4. The van der Waals surface area contributed by atoms with Crippen molar-refractivity contribution in [3.8, 4) is 22.6 Å². The van der Waals surface area contributed by atoms with Gasteiger partial charge in [-0.3, -0.25) is 0 Å². The van der Waals surface area contributed by atoms with Crippen molar-refractivity contribution in [1.82, 2.24) is 0 Å². The van der Waals surface area contributed by atoms with Gasteiger partial charge in [0.2, 0.25) is 0 Å². The largest absolute Gasteiger partial charge is 0.488 e. The number of anilines is 1. The van der Waals surface area contributed by atoms with E-state index in [9.17, 15) is 4.79 Å². The van der Waals surface area contributed by atoms with Crippen molar-refractivity contribution >= 4 is 34.0 Å². The molecule has 0 heterocycles. The van der Waals surface area contributed by atoms with E-state index in [0.29, 0.717) is 23.8 Å². The highest BCUT2D eigenvalue weighted by Crippen LogP contribution is 2.40. The number of methoxy groups -OCH3 is 1. The Morgan fingerprint density at radius 3 is 2.24 bits per heavy atom. The summed E-state index contributed by atoms with van der Waals surface area (Å²) in [5, 5.41) is 2.65. The first kappa shape index (κ1) is 28.1. The summed E-state index contributed by atoms with van der Waals surface area (Å²) in [7, 11) is 5.40. The van der Waals surface area contributed by atoms with Crippen molar-refractivity contribution in [2.24, 2.45) is 0 Å². The van der Waals surface area contributed by atoms with E-state index in [2.05, 4.69) is 41.3 Å². The number of hydrogen-bond acceptors (Lipinski definition) is 5. The summed E-state index contributed by atoms with van der Waals surface area (Å²) >= 11 is 6.57. The fourth-order valence-electron chi connectivity index (χ4n) is 4.76. The van der Waals surface area contributed by atoms with Gasteiger partial charge in [-0.05, 0) is 63.9 Å². The van der Waals surface area contributed by atoms with Crippen molar-refractivity contribution in [2.45, 2.75) is 13.0 Å². The number of hydrogen-bond donors (Lipinski definition) is 0. The molecule has 0 spiro atoms. The minimum Gasteiger partial charge on any atom is -0.488 e. The predicted octanol–water partition coefficient (Wildman–Crippen LogP) is 7.95. The number of esters is 1. The summed E-state index contributed by atoms with van der Waals surface area (Å²) in [6.45, 7) is 0.235. The second kappa shape index (κ2) is 12.8. The van der Waals surface area contributed by atoms with Gasteiger partial charge < -0.3 is 19.1 Å². The Morgan fingerprint density at radius 1 is 0.805 bits per heavy atom. The number of halogens is 1. The van der Waals surface area contributed by atoms with Gasteiger partial charge >= 0.3 is 5.97 Å². The van der Waals surface area contributed by atoms with E-state index >= 15 is 0 Å². The number of carbonyl (C=O) groups is 1. The van der Waals surface area contributed by atoms with E-state index in [1.807, 2.05) is 80.8 Å². The lowest BCUT2D eigenvalue weighted by molar-refractivity contribution is -0.142. The monoisotopic (exact) mass is 565 g/mol. The Balaban J connectivity index is 1.65. The van der Waals surface area contributed by atoms with Crippen LogP contribution < -0.4 is 14.4 Å². The van der Waals surface area contributed by atoms with Crippen LogP contribution in [0.4, 0.5) is 5.69 Å². The Hall–Kier alpha value is -4.48. The Bertz CT molecular complexity index is 1650. The molecule has 5 aromatic rings. The second-order valence-electron chi connectivity index (χ2n) is 9.96. The van der Waals surface area contributed by atoms with Crippen molar-refractivity contribution < 1.29 is 19.0 Å². The number of carbonyl (C=O) groups excluding carboxylic acids is 1. The maximum Gasteiger partial charge on any atom is 0.343 e. The summed E-state index contributed by atoms with van der Waals surface area (Å²) < 4.78 is 17.3. The zero-order valence-electron chi connectivity index (χ0n) is 23.4. The van der Waals surface area contributed by atoms with Crippen LogP contribution in [0.1, 0.15) is 16.7 Å². The fraction of sp³-hybridized carbons (Fsp3) is 0.171. The van der Waals surface area contributed by atoms with Gasteiger partial charge in [-0.25, -0.2) is 4.79 Å². The third kappa shape index (κ3) is 6.64. The molecule has 5 aromatic carbocycles. The van der Waals surface area contributed by atoms with Gasteiger partial charge in [-0.2, -0.15) is 0 Å². The summed E-state index contributed by atoms with van der Waals surface area (Å²) in [4.78, 5) is 14.0. The van der Waals surface area contributed by atoms with E-state index in [-0.39, 0.29) is 6.61 Å². The minimum atomic E-state index is -0.447. The number of rotatable bonds is 10. The first-order chi connectivity index (χ1) is 19.9.